The van der Waals surface area contributed by atoms with Gasteiger partial charge in [-0.1, -0.05) is 24.3 Å². The smallest absolute Gasteiger partial charge is 0.387 e. The molecule has 0 saturated carbocycles. The first kappa shape index (κ1) is 17.0. The number of fused-ring (bicyclic) bond motifs is 1. The maximum atomic E-state index is 13.2. The van der Waals surface area contributed by atoms with Crippen molar-refractivity contribution in [3.05, 3.63) is 84.2 Å². The third-order valence-corrected chi connectivity index (χ3v) is 4.29. The van der Waals surface area contributed by atoms with E-state index in [-0.39, 0.29) is 11.7 Å². The summed E-state index contributed by atoms with van der Waals surface area (Å²) in [7, 11) is 0. The predicted molar refractivity (Wildman–Crippen MR) is 96.9 cm³/mol. The Morgan fingerprint density at radius 3 is 2.41 bits per heavy atom. The SMILES string of the molecule is O=C1c2ccccc2N[C@@H](c2ccc(OC(F)F)cc2)N1c1ccncc1. The van der Waals surface area contributed by atoms with Gasteiger partial charge in [0, 0.05) is 23.8 Å². The van der Waals surface area contributed by atoms with Crippen LogP contribution in [0.2, 0.25) is 0 Å². The molecule has 2 heterocycles. The zero-order valence-electron chi connectivity index (χ0n) is 14.0. The van der Waals surface area contributed by atoms with E-state index >= 15 is 0 Å². The van der Waals surface area contributed by atoms with Crippen LogP contribution in [0.3, 0.4) is 0 Å². The quantitative estimate of drug-likeness (QED) is 0.740. The molecule has 0 bridgehead atoms. The number of benzene rings is 2. The monoisotopic (exact) mass is 367 g/mol. The van der Waals surface area contributed by atoms with Crippen molar-refractivity contribution in [2.75, 3.05) is 10.2 Å². The van der Waals surface area contributed by atoms with Gasteiger partial charge in [0.1, 0.15) is 11.9 Å². The molecule has 0 radical (unpaired) electrons. The molecule has 4 rings (SSSR count). The van der Waals surface area contributed by atoms with Gasteiger partial charge in [-0.3, -0.25) is 14.7 Å². The highest BCUT2D eigenvalue weighted by Gasteiger charge is 2.33. The maximum Gasteiger partial charge on any atom is 0.387 e. The van der Waals surface area contributed by atoms with Crippen molar-refractivity contribution in [3.63, 3.8) is 0 Å². The van der Waals surface area contributed by atoms with E-state index < -0.39 is 12.8 Å². The molecule has 0 unspecified atom stereocenters. The summed E-state index contributed by atoms with van der Waals surface area (Å²) in [6, 6.07) is 17.0. The van der Waals surface area contributed by atoms with Gasteiger partial charge in [0.15, 0.2) is 0 Å². The lowest BCUT2D eigenvalue weighted by molar-refractivity contribution is -0.0498. The molecule has 0 spiro atoms. The second kappa shape index (κ2) is 7.03. The largest absolute Gasteiger partial charge is 0.435 e. The molecule has 1 N–H and O–H groups in total. The lowest BCUT2D eigenvalue weighted by Crippen LogP contribution is -2.43. The summed E-state index contributed by atoms with van der Waals surface area (Å²) in [5.74, 6) is -0.0970. The van der Waals surface area contributed by atoms with Crippen LogP contribution in [0.15, 0.2) is 73.1 Å². The first-order valence-corrected chi connectivity index (χ1v) is 8.27. The molecular formula is C20H15F2N3O2. The average molecular weight is 367 g/mol. The number of carbonyl (C=O) groups is 1. The fraction of sp³-hybridized carbons (Fsp3) is 0.100. The number of alkyl halides is 2. The molecule has 1 aliphatic heterocycles. The normalized spacial score (nSPS) is 16.0. The van der Waals surface area contributed by atoms with Crippen molar-refractivity contribution in [1.82, 2.24) is 4.98 Å². The Labute approximate surface area is 154 Å². The fourth-order valence-corrected chi connectivity index (χ4v) is 3.09. The van der Waals surface area contributed by atoms with Crippen molar-refractivity contribution in [2.24, 2.45) is 0 Å². The van der Waals surface area contributed by atoms with Gasteiger partial charge < -0.3 is 10.1 Å². The second-order valence-electron chi connectivity index (χ2n) is 5.92. The van der Waals surface area contributed by atoms with Crippen LogP contribution in [0.5, 0.6) is 5.75 Å². The van der Waals surface area contributed by atoms with E-state index in [1.165, 1.54) is 12.1 Å². The van der Waals surface area contributed by atoms with Crippen LogP contribution < -0.4 is 15.0 Å². The highest BCUT2D eigenvalue weighted by Crippen LogP contribution is 2.36. The highest BCUT2D eigenvalue weighted by molar-refractivity contribution is 6.12. The van der Waals surface area contributed by atoms with Gasteiger partial charge in [-0.05, 0) is 42.0 Å². The van der Waals surface area contributed by atoms with E-state index in [0.717, 1.165) is 5.56 Å². The Kier molecular flexibility index (Phi) is 4.42. The Morgan fingerprint density at radius 2 is 1.70 bits per heavy atom. The summed E-state index contributed by atoms with van der Waals surface area (Å²) in [4.78, 5) is 18.8. The topological polar surface area (TPSA) is 54.5 Å². The van der Waals surface area contributed by atoms with Crippen molar-refractivity contribution >= 4 is 17.3 Å². The fourth-order valence-electron chi connectivity index (χ4n) is 3.09. The van der Waals surface area contributed by atoms with Gasteiger partial charge >= 0.3 is 6.61 Å². The van der Waals surface area contributed by atoms with E-state index in [0.29, 0.717) is 16.9 Å². The number of nitrogens with one attached hydrogen (secondary N) is 1. The molecule has 1 amide bonds. The third kappa shape index (κ3) is 3.31. The number of ether oxygens (including phenoxy) is 1. The molecule has 1 atom stereocenters. The number of pyridine rings is 1. The van der Waals surface area contributed by atoms with Crippen LogP contribution in [0.4, 0.5) is 20.2 Å². The number of anilines is 2. The number of carbonyl (C=O) groups excluding carboxylic acids is 1. The van der Waals surface area contributed by atoms with E-state index in [9.17, 15) is 13.6 Å². The standard InChI is InChI=1S/C20H15F2N3O2/c21-20(22)27-15-7-5-13(6-8-15)18-24-17-4-2-1-3-16(17)19(26)25(18)14-9-11-23-12-10-14/h1-12,18,20,24H/t18-/m1/s1. The number of hydrogen-bond donors (Lipinski definition) is 1. The van der Waals surface area contributed by atoms with E-state index in [1.807, 2.05) is 12.1 Å². The maximum absolute atomic E-state index is 13.2. The summed E-state index contributed by atoms with van der Waals surface area (Å²) in [6.07, 6.45) is 2.72. The molecule has 0 saturated heterocycles. The van der Waals surface area contributed by atoms with Crippen LogP contribution >= 0.6 is 0 Å². The van der Waals surface area contributed by atoms with Crippen LogP contribution in [-0.2, 0) is 0 Å². The first-order valence-electron chi connectivity index (χ1n) is 8.27. The van der Waals surface area contributed by atoms with Crippen molar-refractivity contribution in [2.45, 2.75) is 12.8 Å². The minimum Gasteiger partial charge on any atom is -0.435 e. The van der Waals surface area contributed by atoms with Crippen LogP contribution in [0.1, 0.15) is 22.1 Å². The summed E-state index contributed by atoms with van der Waals surface area (Å²) in [5, 5.41) is 3.35. The van der Waals surface area contributed by atoms with Crippen molar-refractivity contribution in [1.29, 1.82) is 0 Å². The van der Waals surface area contributed by atoms with Gasteiger partial charge in [0.25, 0.3) is 5.91 Å². The summed E-state index contributed by atoms with van der Waals surface area (Å²) < 4.78 is 29.2. The van der Waals surface area contributed by atoms with Crippen LogP contribution in [0, 0.1) is 0 Å². The summed E-state index contributed by atoms with van der Waals surface area (Å²) in [6.45, 7) is -2.88. The molecule has 1 aromatic heterocycles. The van der Waals surface area contributed by atoms with Crippen molar-refractivity contribution < 1.29 is 18.3 Å². The number of nitrogens with zero attached hydrogens (tertiary/aromatic N) is 2. The number of rotatable bonds is 4. The van der Waals surface area contributed by atoms with Crippen molar-refractivity contribution in [3.8, 4) is 5.75 Å². The second-order valence-corrected chi connectivity index (χ2v) is 5.92. The van der Waals surface area contributed by atoms with Gasteiger partial charge in [0.05, 0.1) is 5.56 Å². The van der Waals surface area contributed by atoms with Crippen LogP contribution in [0.25, 0.3) is 0 Å². The Morgan fingerprint density at radius 1 is 1.00 bits per heavy atom. The van der Waals surface area contributed by atoms with Crippen LogP contribution in [-0.4, -0.2) is 17.5 Å². The number of amides is 1. The highest BCUT2D eigenvalue weighted by atomic mass is 19.3. The summed E-state index contributed by atoms with van der Waals surface area (Å²) >= 11 is 0. The Balaban J connectivity index is 1.75. The average Bonchev–Trinajstić information content (AvgIpc) is 2.69. The molecule has 7 heteroatoms. The predicted octanol–water partition coefficient (Wildman–Crippen LogP) is 4.45. The first-order chi connectivity index (χ1) is 13.1. The molecule has 136 valence electrons. The zero-order chi connectivity index (χ0) is 18.8. The molecule has 0 fully saturated rings. The zero-order valence-corrected chi connectivity index (χ0v) is 14.0. The summed E-state index contributed by atoms with van der Waals surface area (Å²) in [5.41, 5.74) is 2.68. The van der Waals surface area contributed by atoms with E-state index in [2.05, 4.69) is 15.0 Å². The molecule has 3 aromatic rings. The molecule has 5 nitrogen and oxygen atoms in total. The minimum absolute atomic E-state index is 0.0618. The molecule has 1 aliphatic rings. The molecule has 27 heavy (non-hydrogen) atoms. The van der Waals surface area contributed by atoms with Gasteiger partial charge in [-0.2, -0.15) is 8.78 Å². The Bertz CT molecular complexity index is 949. The lowest BCUT2D eigenvalue weighted by Gasteiger charge is -2.38. The third-order valence-electron chi connectivity index (χ3n) is 4.29. The van der Waals surface area contributed by atoms with E-state index in [1.54, 1.807) is 53.7 Å². The van der Waals surface area contributed by atoms with E-state index in [4.69, 9.17) is 0 Å². The Hall–Kier alpha value is -3.48. The van der Waals surface area contributed by atoms with Gasteiger partial charge in [0.2, 0.25) is 0 Å². The molecule has 2 aromatic carbocycles. The molecule has 0 aliphatic carbocycles. The lowest BCUT2D eigenvalue weighted by atomic mass is 10.0. The molecular weight excluding hydrogens is 352 g/mol. The van der Waals surface area contributed by atoms with Gasteiger partial charge in [-0.25, -0.2) is 0 Å². The number of halogens is 2. The number of hydrogen-bond acceptors (Lipinski definition) is 4. The number of para-hydroxylation sites is 1. The van der Waals surface area contributed by atoms with Gasteiger partial charge in [-0.15, -0.1) is 0 Å². The number of aromatic nitrogens is 1. The minimum atomic E-state index is -2.88.